The minimum Gasteiger partial charge on any atom is -0.477 e. The first-order valence-corrected chi connectivity index (χ1v) is 14.3. The number of H-pyrrole nitrogens is 1. The Balaban J connectivity index is 0.962. The lowest BCUT2D eigenvalue weighted by Crippen LogP contribution is -2.40. The molecule has 10 nitrogen and oxygen atoms in total. The first-order valence-electron chi connectivity index (χ1n) is 14.3. The maximum atomic E-state index is 13.5. The molecule has 0 aromatic carbocycles. The number of aromatic nitrogens is 4. The second-order valence-corrected chi connectivity index (χ2v) is 11.9. The van der Waals surface area contributed by atoms with Crippen molar-refractivity contribution in [1.29, 1.82) is 0 Å². The van der Waals surface area contributed by atoms with Crippen LogP contribution in [0, 0.1) is 23.7 Å². The van der Waals surface area contributed by atoms with E-state index in [1.165, 1.54) is 0 Å². The van der Waals surface area contributed by atoms with Gasteiger partial charge in [-0.25, -0.2) is 4.98 Å². The highest BCUT2D eigenvalue weighted by Gasteiger charge is 2.45. The summed E-state index contributed by atoms with van der Waals surface area (Å²) in [4.78, 5) is 35.4. The van der Waals surface area contributed by atoms with Gasteiger partial charge in [0.15, 0.2) is 0 Å². The fourth-order valence-electron chi connectivity index (χ4n) is 6.78. The van der Waals surface area contributed by atoms with Gasteiger partial charge in [0.05, 0.1) is 23.6 Å². The third-order valence-corrected chi connectivity index (χ3v) is 9.26. The van der Waals surface area contributed by atoms with Gasteiger partial charge >= 0.3 is 0 Å². The highest BCUT2D eigenvalue weighted by Crippen LogP contribution is 2.44. The van der Waals surface area contributed by atoms with Crippen molar-refractivity contribution in [3.8, 4) is 5.88 Å². The number of nitrogens with one attached hydrogen (secondary N) is 1. The Bertz CT molecular complexity index is 1190. The maximum Gasteiger partial charge on any atom is 0.255 e. The Kier molecular flexibility index (Phi) is 6.30. The summed E-state index contributed by atoms with van der Waals surface area (Å²) in [6, 6.07) is 2.03. The van der Waals surface area contributed by atoms with Crippen molar-refractivity contribution in [1.82, 2.24) is 30.2 Å². The Labute approximate surface area is 222 Å². The topological polar surface area (TPSA) is 114 Å². The average molecular weight is 521 g/mol. The highest BCUT2D eigenvalue weighted by atomic mass is 16.5. The van der Waals surface area contributed by atoms with E-state index in [0.29, 0.717) is 61.2 Å². The van der Waals surface area contributed by atoms with Crippen LogP contribution in [0.25, 0.3) is 0 Å². The van der Waals surface area contributed by atoms with Crippen LogP contribution in [0.3, 0.4) is 0 Å². The van der Waals surface area contributed by atoms with Crippen molar-refractivity contribution in [2.45, 2.75) is 50.9 Å². The SMILES string of the molecule is O=C(c1cnc(OCC2CCOCC2)c(C2CC2)c1)N1C[C@@H]2CN(C(=O)[C@@H]3CCc4[nH]nnc4C3)C[C@H]2C1. The molecule has 2 aromatic heterocycles. The van der Waals surface area contributed by atoms with Gasteiger partial charge in [-0.2, -0.15) is 0 Å². The molecule has 3 atom stereocenters. The second kappa shape index (κ2) is 9.94. The number of hydrogen-bond donors (Lipinski definition) is 1. The number of amides is 2. The summed E-state index contributed by atoms with van der Waals surface area (Å²) in [7, 11) is 0. The number of ether oxygens (including phenoxy) is 2. The van der Waals surface area contributed by atoms with E-state index in [1.807, 2.05) is 15.9 Å². The number of hydrogen-bond acceptors (Lipinski definition) is 7. The summed E-state index contributed by atoms with van der Waals surface area (Å²) in [5.41, 5.74) is 3.75. The smallest absolute Gasteiger partial charge is 0.255 e. The molecule has 0 radical (unpaired) electrons. The van der Waals surface area contributed by atoms with Crippen LogP contribution in [-0.4, -0.2) is 88.0 Å². The monoisotopic (exact) mass is 520 g/mol. The molecule has 0 unspecified atom stereocenters. The quantitative estimate of drug-likeness (QED) is 0.621. The van der Waals surface area contributed by atoms with E-state index in [-0.39, 0.29) is 17.7 Å². The molecule has 1 N–H and O–H groups in total. The number of nitrogens with zero attached hydrogens (tertiary/aromatic N) is 5. The summed E-state index contributed by atoms with van der Waals surface area (Å²) in [5, 5.41) is 11.0. The lowest BCUT2D eigenvalue weighted by atomic mass is 9.89. The summed E-state index contributed by atoms with van der Waals surface area (Å²) in [6.45, 7) is 5.14. The van der Waals surface area contributed by atoms with Crippen molar-refractivity contribution >= 4 is 11.8 Å². The van der Waals surface area contributed by atoms with Gasteiger partial charge in [0, 0.05) is 75.3 Å². The third-order valence-electron chi connectivity index (χ3n) is 9.26. The van der Waals surface area contributed by atoms with Gasteiger partial charge in [0.1, 0.15) is 0 Å². The Hall–Kier alpha value is -3.01. The van der Waals surface area contributed by atoms with Crippen molar-refractivity contribution in [3.63, 3.8) is 0 Å². The largest absolute Gasteiger partial charge is 0.477 e. The molecule has 2 aromatic rings. The van der Waals surface area contributed by atoms with Crippen molar-refractivity contribution in [2.75, 3.05) is 46.0 Å². The van der Waals surface area contributed by atoms with Gasteiger partial charge < -0.3 is 19.3 Å². The molecular formula is C28H36N6O4. The summed E-state index contributed by atoms with van der Waals surface area (Å²) in [5.74, 6) is 2.61. The zero-order valence-corrected chi connectivity index (χ0v) is 21.8. The van der Waals surface area contributed by atoms with Crippen molar-refractivity contribution in [2.24, 2.45) is 23.7 Å². The number of carbonyl (C=O) groups is 2. The molecule has 2 amide bonds. The van der Waals surface area contributed by atoms with Crippen LogP contribution in [0.1, 0.15) is 65.3 Å². The van der Waals surface area contributed by atoms with Crippen LogP contribution in [0.5, 0.6) is 5.88 Å². The maximum absolute atomic E-state index is 13.5. The number of rotatable bonds is 6. The molecule has 4 fully saturated rings. The van der Waals surface area contributed by atoms with E-state index in [1.54, 1.807) is 6.20 Å². The van der Waals surface area contributed by atoms with Crippen LogP contribution in [-0.2, 0) is 22.4 Å². The molecule has 0 bridgehead atoms. The Morgan fingerprint density at radius 1 is 1.03 bits per heavy atom. The van der Waals surface area contributed by atoms with Gasteiger partial charge in [-0.05, 0) is 56.4 Å². The predicted molar refractivity (Wildman–Crippen MR) is 137 cm³/mol. The molecule has 5 aliphatic rings. The summed E-state index contributed by atoms with van der Waals surface area (Å²) >= 11 is 0. The predicted octanol–water partition coefficient (Wildman–Crippen LogP) is 2.22. The molecular weight excluding hydrogens is 484 g/mol. The summed E-state index contributed by atoms with van der Waals surface area (Å²) < 4.78 is 11.6. The first kappa shape index (κ1) is 24.1. The highest BCUT2D eigenvalue weighted by molar-refractivity contribution is 5.94. The van der Waals surface area contributed by atoms with E-state index in [9.17, 15) is 9.59 Å². The number of pyridine rings is 1. The molecule has 10 heteroatoms. The number of aromatic amines is 1. The fraction of sp³-hybridized carbons (Fsp3) is 0.679. The number of fused-ring (bicyclic) bond motifs is 2. The lowest BCUT2D eigenvalue weighted by Gasteiger charge is -2.27. The van der Waals surface area contributed by atoms with Crippen LogP contribution in [0.2, 0.25) is 0 Å². The molecule has 5 heterocycles. The van der Waals surface area contributed by atoms with Gasteiger partial charge in [-0.3, -0.25) is 14.7 Å². The summed E-state index contributed by atoms with van der Waals surface area (Å²) in [6.07, 6.45) is 8.35. The van der Waals surface area contributed by atoms with Crippen LogP contribution in [0.15, 0.2) is 12.3 Å². The number of likely N-dealkylation sites (tertiary alicyclic amines) is 2. The van der Waals surface area contributed by atoms with Crippen molar-refractivity contribution in [3.05, 3.63) is 34.8 Å². The van der Waals surface area contributed by atoms with Gasteiger partial charge in [-0.15, -0.1) is 5.10 Å². The molecule has 1 saturated carbocycles. The fourth-order valence-corrected chi connectivity index (χ4v) is 6.78. The zero-order chi connectivity index (χ0) is 25.6. The van der Waals surface area contributed by atoms with Crippen LogP contribution in [0.4, 0.5) is 0 Å². The van der Waals surface area contributed by atoms with Crippen LogP contribution < -0.4 is 4.74 Å². The lowest BCUT2D eigenvalue weighted by molar-refractivity contribution is -0.135. The number of aryl methyl sites for hydroxylation is 1. The molecule has 0 spiro atoms. The van der Waals surface area contributed by atoms with Gasteiger partial charge in [0.2, 0.25) is 11.8 Å². The van der Waals surface area contributed by atoms with Crippen molar-refractivity contribution < 1.29 is 19.1 Å². The second-order valence-electron chi connectivity index (χ2n) is 11.9. The molecule has 2 aliphatic carbocycles. The van der Waals surface area contributed by atoms with E-state index in [0.717, 1.165) is 81.8 Å². The van der Waals surface area contributed by atoms with E-state index in [2.05, 4.69) is 20.4 Å². The normalized spacial score (nSPS) is 27.3. The number of carbonyl (C=O) groups excluding carboxylic acids is 2. The van der Waals surface area contributed by atoms with Crippen LogP contribution >= 0.6 is 0 Å². The molecule has 7 rings (SSSR count). The Morgan fingerprint density at radius 2 is 1.79 bits per heavy atom. The standard InChI is InChI=1S/C28H36N6O4/c35-27(19-3-4-24-25(10-19)31-32-30-24)33-12-21-14-34(15-22(21)13-33)28(36)20-9-23(18-1-2-18)26(29-11-20)38-16-17-5-7-37-8-6-17/h9,11,17-19,21-22H,1-8,10,12-16H2,(H,30,31,32)/t19-,21+,22+/m1/s1. The molecule has 3 saturated heterocycles. The average Bonchev–Trinajstić information content (AvgIpc) is 3.36. The minimum absolute atomic E-state index is 0.0109. The van der Waals surface area contributed by atoms with Gasteiger partial charge in [0.25, 0.3) is 5.91 Å². The van der Waals surface area contributed by atoms with Gasteiger partial charge in [-0.1, -0.05) is 5.21 Å². The zero-order valence-electron chi connectivity index (χ0n) is 21.8. The molecule has 3 aliphatic heterocycles. The van der Waals surface area contributed by atoms with E-state index < -0.39 is 0 Å². The molecule has 202 valence electrons. The first-order chi connectivity index (χ1) is 18.6. The molecule has 38 heavy (non-hydrogen) atoms. The Morgan fingerprint density at radius 3 is 2.55 bits per heavy atom. The van der Waals surface area contributed by atoms with E-state index in [4.69, 9.17) is 9.47 Å². The minimum atomic E-state index is -0.0109. The van der Waals surface area contributed by atoms with E-state index >= 15 is 0 Å². The third kappa shape index (κ3) is 4.67.